The van der Waals surface area contributed by atoms with Gasteiger partial charge in [0.25, 0.3) is 5.91 Å². The lowest BCUT2D eigenvalue weighted by Crippen LogP contribution is -2.61. The van der Waals surface area contributed by atoms with E-state index >= 15 is 0 Å². The standard InChI is InChI=1S/C23H24FN5O3.C15H10FN3O2.C8H16N2O2.CH4/c1-23(2,3)32-22(31)27-15-11-29(12-15)21(30)17-10-26-20(25)19-16(17)7-8-18(28-19)13-5-4-6-14(24)9-13;16-9-3-1-2-8(6-9)12-5-4-10-11(15(20)21)7-18-14(17)13(10)19-12;1-8(2,3)12-7(11)10-6-4-9-5-6;/h4-10,15H,11-12H2,1-3H3,(H2,25,26)(H,27,31);1-7H,(H2,17,18)(H,20,21);6,9H,4-5H2,1-3H3,(H,10,11);1H4. The minimum Gasteiger partial charge on any atom is -0.478 e. The van der Waals surface area contributed by atoms with Gasteiger partial charge in [-0.15, -0.1) is 0 Å². The van der Waals surface area contributed by atoms with Gasteiger partial charge < -0.3 is 46.9 Å². The number of aromatic nitrogens is 4. The summed E-state index contributed by atoms with van der Waals surface area (Å²) in [5.41, 5.74) is 14.1. The summed E-state index contributed by atoms with van der Waals surface area (Å²) in [5.74, 6) is -1.76. The molecule has 0 saturated carbocycles. The number of hydrogen-bond donors (Lipinski definition) is 6. The quantitative estimate of drug-likeness (QED) is 0.0967. The van der Waals surface area contributed by atoms with E-state index in [2.05, 4.69) is 35.9 Å². The van der Waals surface area contributed by atoms with Gasteiger partial charge in [0.2, 0.25) is 0 Å². The van der Waals surface area contributed by atoms with Crippen molar-refractivity contribution in [3.05, 3.63) is 108 Å². The van der Waals surface area contributed by atoms with E-state index in [1.54, 1.807) is 74.2 Å². The van der Waals surface area contributed by atoms with Crippen molar-refractivity contribution in [2.75, 3.05) is 37.6 Å². The van der Waals surface area contributed by atoms with E-state index in [0.29, 0.717) is 57.5 Å². The summed E-state index contributed by atoms with van der Waals surface area (Å²) in [6.07, 6.45) is 1.79. The van der Waals surface area contributed by atoms with Gasteiger partial charge in [0, 0.05) is 60.5 Å². The van der Waals surface area contributed by atoms with Crippen LogP contribution in [0.25, 0.3) is 44.3 Å². The van der Waals surface area contributed by atoms with Gasteiger partial charge in [-0.1, -0.05) is 31.7 Å². The van der Waals surface area contributed by atoms with Gasteiger partial charge in [0.1, 0.15) is 45.5 Å². The zero-order valence-electron chi connectivity index (χ0n) is 36.6. The Hall–Kier alpha value is -7.54. The van der Waals surface area contributed by atoms with E-state index in [9.17, 15) is 28.0 Å². The molecule has 8 rings (SSSR count). The number of nitrogen functional groups attached to an aromatic ring is 2. The molecular weight excluding hydrogens is 855 g/mol. The van der Waals surface area contributed by atoms with Gasteiger partial charge in [0.15, 0.2) is 0 Å². The SMILES string of the molecule is C.CC(C)(C)OC(=O)NC1CN(C(=O)c2cnc(N)c3nc(-c4cccc(F)c4)ccc23)C1.CC(C)(C)OC(=O)NC1CNC1.Nc1ncc(C(=O)O)c2ccc(-c3cccc(F)c3)nc12. The number of amides is 3. The molecule has 8 N–H and O–H groups in total. The van der Waals surface area contributed by atoms with Crippen LogP contribution in [0.4, 0.5) is 30.0 Å². The smallest absolute Gasteiger partial charge is 0.407 e. The number of likely N-dealkylation sites (tertiary alicyclic amines) is 1. The van der Waals surface area contributed by atoms with Gasteiger partial charge in [-0.2, -0.15) is 0 Å². The number of carbonyl (C=O) groups is 4. The summed E-state index contributed by atoms with van der Waals surface area (Å²) in [4.78, 5) is 65.6. The second kappa shape index (κ2) is 20.5. The first-order valence-electron chi connectivity index (χ1n) is 20.5. The number of nitrogens with one attached hydrogen (secondary N) is 3. The average molecular weight is 909 g/mol. The van der Waals surface area contributed by atoms with Crippen LogP contribution in [0.5, 0.6) is 0 Å². The Balaban J connectivity index is 0.000000206. The molecule has 6 aromatic rings. The molecule has 66 heavy (non-hydrogen) atoms. The molecule has 0 aliphatic carbocycles. The fourth-order valence-electron chi connectivity index (χ4n) is 6.48. The third kappa shape index (κ3) is 12.8. The zero-order valence-corrected chi connectivity index (χ0v) is 36.6. The number of anilines is 2. The summed E-state index contributed by atoms with van der Waals surface area (Å²) < 4.78 is 37.2. The largest absolute Gasteiger partial charge is 0.478 e. The lowest BCUT2D eigenvalue weighted by molar-refractivity contribution is 0.0359. The molecule has 4 aromatic heterocycles. The topological polar surface area (TPSA) is 250 Å². The number of halogens is 2. The molecule has 2 aliphatic rings. The number of fused-ring (bicyclic) bond motifs is 2. The fraction of sp³-hybridized carbons (Fsp3) is 0.319. The molecule has 2 saturated heterocycles. The molecule has 0 spiro atoms. The highest BCUT2D eigenvalue weighted by molar-refractivity contribution is 6.08. The normalized spacial score (nSPS) is 13.6. The number of ether oxygens (including phenoxy) is 2. The van der Waals surface area contributed by atoms with Crippen molar-refractivity contribution in [2.45, 2.75) is 72.3 Å². The van der Waals surface area contributed by atoms with E-state index in [1.165, 1.54) is 36.7 Å². The average Bonchev–Trinajstić information content (AvgIpc) is 3.19. The second-order valence-electron chi connectivity index (χ2n) is 17.2. The predicted molar refractivity (Wildman–Crippen MR) is 247 cm³/mol. The highest BCUT2D eigenvalue weighted by atomic mass is 19.1. The Morgan fingerprint density at radius 2 is 1.14 bits per heavy atom. The molecule has 0 atom stereocenters. The Kier molecular flexibility index (Phi) is 15.4. The lowest BCUT2D eigenvalue weighted by atomic mass is 10.0. The molecule has 2 aromatic carbocycles. The van der Waals surface area contributed by atoms with Crippen molar-refractivity contribution in [3.63, 3.8) is 0 Å². The molecule has 0 radical (unpaired) electrons. The number of pyridine rings is 4. The first kappa shape index (κ1) is 49.5. The Bertz CT molecular complexity index is 2750. The predicted octanol–water partition coefficient (Wildman–Crippen LogP) is 7.20. The van der Waals surface area contributed by atoms with E-state index < -0.39 is 23.3 Å². The second-order valence-corrected chi connectivity index (χ2v) is 17.2. The number of benzene rings is 2. The lowest BCUT2D eigenvalue weighted by Gasteiger charge is -2.39. The van der Waals surface area contributed by atoms with Crippen molar-refractivity contribution in [2.24, 2.45) is 0 Å². The molecule has 0 unspecified atom stereocenters. The molecular formula is C47H54F2N10O7. The molecule has 19 heteroatoms. The van der Waals surface area contributed by atoms with Crippen LogP contribution >= 0.6 is 0 Å². The van der Waals surface area contributed by atoms with Gasteiger partial charge >= 0.3 is 18.2 Å². The third-order valence-electron chi connectivity index (χ3n) is 9.62. The number of rotatable bonds is 6. The Labute approximate surface area is 380 Å². The first-order valence-corrected chi connectivity index (χ1v) is 20.5. The number of hydrogen-bond acceptors (Lipinski definition) is 13. The van der Waals surface area contributed by atoms with Gasteiger partial charge in [-0.3, -0.25) is 4.79 Å². The third-order valence-corrected chi connectivity index (χ3v) is 9.62. The maximum atomic E-state index is 13.6. The van der Waals surface area contributed by atoms with Gasteiger partial charge in [-0.25, -0.2) is 43.1 Å². The summed E-state index contributed by atoms with van der Waals surface area (Å²) in [7, 11) is 0. The number of alkyl carbamates (subject to hydrolysis) is 2. The number of carbonyl (C=O) groups excluding carboxylic acids is 3. The monoisotopic (exact) mass is 908 g/mol. The highest BCUT2D eigenvalue weighted by Gasteiger charge is 2.34. The minimum atomic E-state index is -1.10. The summed E-state index contributed by atoms with van der Waals surface area (Å²) in [6.45, 7) is 13.3. The van der Waals surface area contributed by atoms with Crippen LogP contribution in [0.2, 0.25) is 0 Å². The van der Waals surface area contributed by atoms with Crippen LogP contribution < -0.4 is 27.4 Å². The first-order chi connectivity index (χ1) is 30.6. The summed E-state index contributed by atoms with van der Waals surface area (Å²) in [6, 6.07) is 18.8. The molecule has 6 heterocycles. The van der Waals surface area contributed by atoms with Crippen molar-refractivity contribution in [1.82, 2.24) is 40.8 Å². The van der Waals surface area contributed by atoms with Crippen molar-refractivity contribution in [3.8, 4) is 22.5 Å². The maximum absolute atomic E-state index is 13.6. The number of nitrogens with zero attached hydrogens (tertiary/aromatic N) is 5. The van der Waals surface area contributed by atoms with Crippen LogP contribution in [-0.4, -0.2) is 103 Å². The molecule has 17 nitrogen and oxygen atoms in total. The maximum Gasteiger partial charge on any atom is 0.407 e. The van der Waals surface area contributed by atoms with E-state index in [-0.39, 0.29) is 65.9 Å². The van der Waals surface area contributed by atoms with Gasteiger partial charge in [0.05, 0.1) is 34.6 Å². The zero-order chi connectivity index (χ0) is 47.2. The Morgan fingerprint density at radius 3 is 1.55 bits per heavy atom. The van der Waals surface area contributed by atoms with Crippen LogP contribution in [0, 0.1) is 11.6 Å². The number of carboxylic acid groups (broad SMARTS) is 1. The van der Waals surface area contributed by atoms with Crippen molar-refractivity contribution >= 4 is 57.5 Å². The summed E-state index contributed by atoms with van der Waals surface area (Å²) >= 11 is 0. The van der Waals surface area contributed by atoms with Crippen LogP contribution in [0.1, 0.15) is 69.7 Å². The van der Waals surface area contributed by atoms with Crippen molar-refractivity contribution < 1.29 is 42.5 Å². The van der Waals surface area contributed by atoms with Crippen molar-refractivity contribution in [1.29, 1.82) is 0 Å². The highest BCUT2D eigenvalue weighted by Crippen LogP contribution is 2.29. The Morgan fingerprint density at radius 1 is 0.697 bits per heavy atom. The summed E-state index contributed by atoms with van der Waals surface area (Å²) in [5, 5.41) is 18.7. The minimum absolute atomic E-state index is 0. The number of carboxylic acids is 1. The molecule has 3 amide bonds. The van der Waals surface area contributed by atoms with E-state index in [4.69, 9.17) is 26.0 Å². The number of nitrogens with two attached hydrogens (primary N) is 2. The van der Waals surface area contributed by atoms with Crippen LogP contribution in [0.15, 0.2) is 85.2 Å². The number of aromatic carboxylic acids is 1. The van der Waals surface area contributed by atoms with E-state index in [1.807, 2.05) is 20.8 Å². The fourth-order valence-corrected chi connectivity index (χ4v) is 6.48. The van der Waals surface area contributed by atoms with Crippen LogP contribution in [0.3, 0.4) is 0 Å². The van der Waals surface area contributed by atoms with Crippen LogP contribution in [-0.2, 0) is 9.47 Å². The molecule has 348 valence electrons. The van der Waals surface area contributed by atoms with E-state index in [0.717, 1.165) is 13.1 Å². The molecule has 2 fully saturated rings. The molecule has 2 aliphatic heterocycles. The van der Waals surface area contributed by atoms with Gasteiger partial charge in [-0.05, 0) is 90.1 Å². The molecule has 0 bridgehead atoms.